The number of hydrogen-bond donors (Lipinski definition) is 0. The van der Waals surface area contributed by atoms with Crippen molar-refractivity contribution in [1.82, 2.24) is 8.87 Å². The summed E-state index contributed by atoms with van der Waals surface area (Å²) in [5.41, 5.74) is 5.82. The van der Waals surface area contributed by atoms with Gasteiger partial charge in [0, 0.05) is 35.2 Å². The lowest BCUT2D eigenvalue weighted by molar-refractivity contribution is 0.101. The van der Waals surface area contributed by atoms with Gasteiger partial charge in [0.1, 0.15) is 0 Å². The molecule has 5 nitrogen and oxygen atoms in total. The lowest BCUT2D eigenvalue weighted by Crippen LogP contribution is -2.43. The highest BCUT2D eigenvalue weighted by Crippen LogP contribution is 2.45. The molecule has 2 aromatic carbocycles. The number of fused-ring (bicyclic) bond motifs is 3. The van der Waals surface area contributed by atoms with Crippen LogP contribution in [0.1, 0.15) is 91.0 Å². The fourth-order valence-electron chi connectivity index (χ4n) is 6.56. The molecular weight excluding hydrogens is 444 g/mol. The van der Waals surface area contributed by atoms with Crippen molar-refractivity contribution in [2.24, 2.45) is 0 Å². The van der Waals surface area contributed by atoms with E-state index in [9.17, 15) is 13.2 Å². The Morgan fingerprint density at radius 2 is 1.68 bits per heavy atom. The van der Waals surface area contributed by atoms with Crippen molar-refractivity contribution in [1.29, 1.82) is 0 Å². The first-order valence-electron chi connectivity index (χ1n) is 12.7. The van der Waals surface area contributed by atoms with Crippen LogP contribution in [0, 0.1) is 0 Å². The second-order valence-electron chi connectivity index (χ2n) is 10.2. The molecule has 1 unspecified atom stereocenters. The number of Topliss-reactive ketones (excluding diaryl/α,β-unsaturated/α-hetero) is 1. The van der Waals surface area contributed by atoms with E-state index in [2.05, 4.69) is 22.8 Å². The number of benzene rings is 2. The Hall–Kier alpha value is -2.44. The molecule has 1 atom stereocenters. The molecule has 0 saturated heterocycles. The monoisotopic (exact) mass is 476 g/mol. The van der Waals surface area contributed by atoms with E-state index in [4.69, 9.17) is 0 Å². The van der Waals surface area contributed by atoms with Crippen molar-refractivity contribution in [2.75, 3.05) is 6.54 Å². The van der Waals surface area contributed by atoms with Crippen LogP contribution in [0.5, 0.6) is 0 Å². The van der Waals surface area contributed by atoms with Gasteiger partial charge in [-0.1, -0.05) is 37.5 Å². The summed E-state index contributed by atoms with van der Waals surface area (Å²) in [7, 11) is -3.65. The molecule has 178 valence electrons. The largest absolute Gasteiger partial charge is 0.341 e. The third-order valence-electron chi connectivity index (χ3n) is 8.29. The van der Waals surface area contributed by atoms with Gasteiger partial charge in [-0.3, -0.25) is 4.79 Å². The van der Waals surface area contributed by atoms with Crippen LogP contribution in [-0.4, -0.2) is 29.6 Å². The number of ketones is 1. The fourth-order valence-corrected chi connectivity index (χ4v) is 8.18. The first kappa shape index (κ1) is 22.1. The van der Waals surface area contributed by atoms with E-state index >= 15 is 0 Å². The Morgan fingerprint density at radius 1 is 0.912 bits per heavy atom. The molecule has 2 aliphatic carbocycles. The van der Waals surface area contributed by atoms with E-state index in [1.165, 1.54) is 66.8 Å². The quantitative estimate of drug-likeness (QED) is 0.436. The lowest BCUT2D eigenvalue weighted by atomic mass is 9.83. The maximum atomic E-state index is 13.7. The summed E-state index contributed by atoms with van der Waals surface area (Å²) in [6.07, 6.45) is 9.44. The highest BCUT2D eigenvalue weighted by atomic mass is 32.2. The predicted molar refractivity (Wildman–Crippen MR) is 134 cm³/mol. The summed E-state index contributed by atoms with van der Waals surface area (Å²) >= 11 is 0. The minimum Gasteiger partial charge on any atom is -0.341 e. The minimum absolute atomic E-state index is 0.0593. The number of sulfonamides is 1. The van der Waals surface area contributed by atoms with Crippen molar-refractivity contribution in [3.05, 3.63) is 64.8 Å². The number of aromatic nitrogens is 1. The average Bonchev–Trinajstić information content (AvgIpc) is 3.19. The van der Waals surface area contributed by atoms with Crippen LogP contribution in [-0.2, 0) is 23.0 Å². The Bertz CT molecular complexity index is 1360. The van der Waals surface area contributed by atoms with Gasteiger partial charge in [-0.15, -0.1) is 0 Å². The molecule has 3 aliphatic rings. The third kappa shape index (κ3) is 3.45. The molecule has 6 heteroatoms. The second-order valence-corrected chi connectivity index (χ2v) is 12.1. The van der Waals surface area contributed by atoms with E-state index < -0.39 is 10.0 Å². The standard InChI is InChI=1S/C28H32N2O3S/c1-19(31)20-10-13-23(14-11-20)34(32,33)30-17-16-29-26-15-12-22(21-6-3-2-4-7-21)18-25(26)24-8-5-9-27(30)28(24)29/h10-15,18,21,27H,2-9,16-17H2,1H3. The number of carbonyl (C=O) groups is 1. The fraction of sp³-hybridized carbons (Fsp3) is 0.464. The maximum Gasteiger partial charge on any atom is 0.243 e. The summed E-state index contributed by atoms with van der Waals surface area (Å²) in [4.78, 5) is 11.9. The topological polar surface area (TPSA) is 59.4 Å². The van der Waals surface area contributed by atoms with E-state index in [1.807, 2.05) is 0 Å². The van der Waals surface area contributed by atoms with Gasteiger partial charge in [0.15, 0.2) is 5.78 Å². The van der Waals surface area contributed by atoms with Crippen LogP contribution < -0.4 is 0 Å². The van der Waals surface area contributed by atoms with Crippen LogP contribution in [0.15, 0.2) is 47.4 Å². The molecule has 0 spiro atoms. The zero-order valence-electron chi connectivity index (χ0n) is 19.8. The highest BCUT2D eigenvalue weighted by Gasteiger charge is 2.41. The van der Waals surface area contributed by atoms with Gasteiger partial charge < -0.3 is 4.57 Å². The summed E-state index contributed by atoms with van der Waals surface area (Å²) in [6.45, 7) is 2.65. The second kappa shape index (κ2) is 8.35. The highest BCUT2D eigenvalue weighted by molar-refractivity contribution is 7.89. The van der Waals surface area contributed by atoms with Gasteiger partial charge in [0.25, 0.3) is 0 Å². The van der Waals surface area contributed by atoms with E-state index in [1.54, 1.807) is 28.6 Å². The number of hydrogen-bond acceptors (Lipinski definition) is 3. The Balaban J connectivity index is 1.40. The van der Waals surface area contributed by atoms with Gasteiger partial charge in [-0.2, -0.15) is 4.31 Å². The molecule has 0 amide bonds. The SMILES string of the molecule is CC(=O)c1ccc(S(=O)(=O)N2CCn3c4c(c5cc(C6CCCCC6)ccc53)CCCC42)cc1. The van der Waals surface area contributed by atoms with Crippen molar-refractivity contribution >= 4 is 26.7 Å². The van der Waals surface area contributed by atoms with Crippen LogP contribution >= 0.6 is 0 Å². The molecule has 1 aromatic heterocycles. The van der Waals surface area contributed by atoms with Crippen molar-refractivity contribution in [3.8, 4) is 0 Å². The first-order valence-corrected chi connectivity index (χ1v) is 14.2. The predicted octanol–water partition coefficient (Wildman–Crippen LogP) is 5.97. The Morgan fingerprint density at radius 3 is 2.41 bits per heavy atom. The van der Waals surface area contributed by atoms with E-state index in [-0.39, 0.29) is 16.7 Å². The molecule has 0 radical (unpaired) electrons. The Labute approximate surface area is 201 Å². The maximum absolute atomic E-state index is 13.7. The lowest BCUT2D eigenvalue weighted by Gasteiger charge is -2.39. The molecule has 0 bridgehead atoms. The normalized spacial score (nSPS) is 21.5. The van der Waals surface area contributed by atoms with Crippen molar-refractivity contribution < 1.29 is 13.2 Å². The van der Waals surface area contributed by atoms with Gasteiger partial charge in [-0.05, 0) is 80.3 Å². The first-order chi connectivity index (χ1) is 16.4. The number of carbonyl (C=O) groups excluding carboxylic acids is 1. The van der Waals surface area contributed by atoms with E-state index in [0.717, 1.165) is 19.3 Å². The zero-order chi connectivity index (χ0) is 23.4. The molecule has 1 fully saturated rings. The van der Waals surface area contributed by atoms with Gasteiger partial charge >= 0.3 is 0 Å². The molecular formula is C28H32N2O3S. The molecule has 2 heterocycles. The number of nitrogens with zero attached hydrogens (tertiary/aromatic N) is 2. The van der Waals surface area contributed by atoms with Crippen LogP contribution in [0.3, 0.4) is 0 Å². The number of rotatable bonds is 4. The molecule has 1 aliphatic heterocycles. The van der Waals surface area contributed by atoms with Gasteiger partial charge in [0.05, 0.1) is 10.9 Å². The van der Waals surface area contributed by atoms with Crippen LogP contribution in [0.25, 0.3) is 10.9 Å². The molecule has 0 N–H and O–H groups in total. The summed E-state index contributed by atoms with van der Waals surface area (Å²) in [5.74, 6) is 0.604. The zero-order valence-corrected chi connectivity index (χ0v) is 20.6. The van der Waals surface area contributed by atoms with Gasteiger partial charge in [-0.25, -0.2) is 8.42 Å². The van der Waals surface area contributed by atoms with E-state index in [0.29, 0.717) is 24.6 Å². The Kier molecular flexibility index (Phi) is 5.41. The molecule has 3 aromatic rings. The van der Waals surface area contributed by atoms with Gasteiger partial charge in [0.2, 0.25) is 10.0 Å². The number of aryl methyl sites for hydroxylation is 1. The summed E-state index contributed by atoms with van der Waals surface area (Å²) < 4.78 is 31.5. The van der Waals surface area contributed by atoms with Crippen molar-refractivity contribution in [3.63, 3.8) is 0 Å². The van der Waals surface area contributed by atoms with Crippen LogP contribution in [0.4, 0.5) is 0 Å². The van der Waals surface area contributed by atoms with Crippen molar-refractivity contribution in [2.45, 2.75) is 81.7 Å². The molecule has 1 saturated carbocycles. The van der Waals surface area contributed by atoms with Crippen LogP contribution in [0.2, 0.25) is 0 Å². The average molecular weight is 477 g/mol. The smallest absolute Gasteiger partial charge is 0.243 e. The summed E-state index contributed by atoms with van der Waals surface area (Å²) in [5, 5.41) is 1.34. The summed E-state index contributed by atoms with van der Waals surface area (Å²) in [6, 6.07) is 13.3. The minimum atomic E-state index is -3.65. The third-order valence-corrected chi connectivity index (χ3v) is 10.2. The molecule has 34 heavy (non-hydrogen) atoms. The molecule has 6 rings (SSSR count).